The van der Waals surface area contributed by atoms with Gasteiger partial charge in [0.05, 0.1) is 13.1 Å². The summed E-state index contributed by atoms with van der Waals surface area (Å²) in [5, 5.41) is 17.1. The average molecular weight is 502 g/mol. The van der Waals surface area contributed by atoms with Gasteiger partial charge in [-0.2, -0.15) is 0 Å². The minimum absolute atomic E-state index is 0. The lowest BCUT2D eigenvalue weighted by Crippen LogP contribution is -2.36. The molecule has 0 saturated heterocycles. The van der Waals surface area contributed by atoms with E-state index in [2.05, 4.69) is 62.4 Å². The van der Waals surface area contributed by atoms with Gasteiger partial charge in [0.1, 0.15) is 12.4 Å². The van der Waals surface area contributed by atoms with Crippen molar-refractivity contribution in [2.45, 2.75) is 33.5 Å². The molecular weight excluding hydrogens is 479 g/mol. The number of aryl methyl sites for hydroxylation is 2. The second-order valence-corrected chi connectivity index (χ2v) is 8.09. The van der Waals surface area contributed by atoms with Crippen molar-refractivity contribution in [2.75, 3.05) is 0 Å². The maximum absolute atomic E-state index is 4.67. The van der Waals surface area contributed by atoms with Gasteiger partial charge in [-0.25, -0.2) is 4.99 Å². The number of nitrogens with one attached hydrogen (secondary N) is 2. The molecule has 6 nitrogen and oxygen atoms in total. The Hall–Kier alpha value is -1.46. The molecule has 3 aromatic heterocycles. The molecule has 9 heteroatoms. The van der Waals surface area contributed by atoms with Gasteiger partial charge in [0.25, 0.3) is 0 Å². The Morgan fingerprint density at radius 1 is 1.12 bits per heavy atom. The first-order chi connectivity index (χ1) is 12.1. The molecule has 0 atom stereocenters. The summed E-state index contributed by atoms with van der Waals surface area (Å²) >= 11 is 3.53. The molecule has 0 fully saturated rings. The largest absolute Gasteiger partial charge is 0.351 e. The number of halogens is 1. The summed E-state index contributed by atoms with van der Waals surface area (Å²) in [5.74, 6) is 2.52. The molecule has 140 valence electrons. The first-order valence-corrected chi connectivity index (χ1v) is 9.76. The summed E-state index contributed by atoms with van der Waals surface area (Å²) in [6.07, 6.45) is 0. The van der Waals surface area contributed by atoms with Crippen molar-refractivity contribution in [3.05, 3.63) is 55.9 Å². The smallest absolute Gasteiger partial charge is 0.192 e. The number of guanidine groups is 1. The van der Waals surface area contributed by atoms with E-state index in [-0.39, 0.29) is 24.0 Å². The van der Waals surface area contributed by atoms with Gasteiger partial charge < -0.3 is 15.2 Å². The topological polar surface area (TPSA) is 67.1 Å². The Bertz CT molecular complexity index is 837. The Kier molecular flexibility index (Phi) is 8.04. The quantitative estimate of drug-likeness (QED) is 0.307. The molecule has 0 radical (unpaired) electrons. The maximum Gasteiger partial charge on any atom is 0.192 e. The van der Waals surface area contributed by atoms with E-state index in [1.807, 2.05) is 18.5 Å². The highest BCUT2D eigenvalue weighted by molar-refractivity contribution is 14.0. The van der Waals surface area contributed by atoms with Crippen LogP contribution >= 0.6 is 46.7 Å². The van der Waals surface area contributed by atoms with Crippen LogP contribution in [0.3, 0.4) is 0 Å². The standard InChI is InChI=1S/C17H22N6S2.HI/c1-12-6-7-15(25-12)10-19-17(18-9-14-5-4-8-24-14)20-11-16-22-21-13(2)23(16)3;/h4-8H,9-11H2,1-3H3,(H2,18,19,20);1H. The molecule has 0 bridgehead atoms. The second-order valence-electron chi connectivity index (χ2n) is 5.69. The lowest BCUT2D eigenvalue weighted by atomic mass is 10.4. The summed E-state index contributed by atoms with van der Waals surface area (Å²) in [4.78, 5) is 8.55. The molecule has 3 rings (SSSR count). The first-order valence-electron chi connectivity index (χ1n) is 8.06. The van der Waals surface area contributed by atoms with Gasteiger partial charge in [-0.1, -0.05) is 6.07 Å². The predicted molar refractivity (Wildman–Crippen MR) is 119 cm³/mol. The number of thiophene rings is 2. The Labute approximate surface area is 178 Å². The van der Waals surface area contributed by atoms with Crippen LogP contribution in [0.5, 0.6) is 0 Å². The third kappa shape index (κ3) is 5.78. The van der Waals surface area contributed by atoms with Crippen molar-refractivity contribution in [3.8, 4) is 0 Å². The number of nitrogens with zero attached hydrogens (tertiary/aromatic N) is 4. The predicted octanol–water partition coefficient (Wildman–Crippen LogP) is 3.61. The Balaban J connectivity index is 0.00000243. The Morgan fingerprint density at radius 3 is 2.46 bits per heavy atom. The summed E-state index contributed by atoms with van der Waals surface area (Å²) < 4.78 is 1.96. The third-order valence-corrected chi connectivity index (χ3v) is 5.67. The van der Waals surface area contributed by atoms with Crippen molar-refractivity contribution in [3.63, 3.8) is 0 Å². The normalized spacial score (nSPS) is 11.3. The van der Waals surface area contributed by atoms with Crippen molar-refractivity contribution >= 4 is 52.6 Å². The molecular formula is C17H23IN6S2. The van der Waals surface area contributed by atoms with Gasteiger partial charge in [0, 0.05) is 21.7 Å². The fourth-order valence-electron chi connectivity index (χ4n) is 2.25. The number of aromatic nitrogens is 3. The molecule has 2 N–H and O–H groups in total. The molecule has 0 unspecified atom stereocenters. The highest BCUT2D eigenvalue weighted by Gasteiger charge is 2.06. The molecule has 0 saturated carbocycles. The van der Waals surface area contributed by atoms with Gasteiger partial charge in [0.15, 0.2) is 11.8 Å². The number of aliphatic imine (C=N–C) groups is 1. The molecule has 0 amide bonds. The molecule has 0 aliphatic carbocycles. The van der Waals surface area contributed by atoms with Crippen LogP contribution in [-0.4, -0.2) is 20.7 Å². The molecule has 0 spiro atoms. The fourth-order valence-corrected chi connectivity index (χ4v) is 3.72. The third-order valence-electron chi connectivity index (χ3n) is 3.80. The van der Waals surface area contributed by atoms with Crippen molar-refractivity contribution in [2.24, 2.45) is 12.0 Å². The SMILES string of the molecule is Cc1ccc(CNC(=NCc2nnc(C)n2C)NCc2cccs2)s1.I. The van der Waals surface area contributed by atoms with E-state index in [1.165, 1.54) is 14.6 Å². The molecule has 3 aromatic rings. The van der Waals surface area contributed by atoms with Crippen LogP contribution < -0.4 is 10.6 Å². The summed E-state index contributed by atoms with van der Waals surface area (Å²) in [6.45, 7) is 6.06. The highest BCUT2D eigenvalue weighted by Crippen LogP contribution is 2.14. The lowest BCUT2D eigenvalue weighted by molar-refractivity contribution is 0.754. The highest BCUT2D eigenvalue weighted by atomic mass is 127. The van der Waals surface area contributed by atoms with Crippen LogP contribution in [0.1, 0.15) is 26.3 Å². The Morgan fingerprint density at radius 2 is 1.88 bits per heavy atom. The van der Waals surface area contributed by atoms with Crippen LogP contribution in [0.25, 0.3) is 0 Å². The van der Waals surface area contributed by atoms with E-state index in [4.69, 9.17) is 0 Å². The maximum atomic E-state index is 4.67. The van der Waals surface area contributed by atoms with E-state index in [1.54, 1.807) is 22.7 Å². The van der Waals surface area contributed by atoms with Gasteiger partial charge in [0.2, 0.25) is 0 Å². The fraction of sp³-hybridized carbons (Fsp3) is 0.353. The van der Waals surface area contributed by atoms with Crippen molar-refractivity contribution in [1.82, 2.24) is 25.4 Å². The first kappa shape index (κ1) is 20.8. The molecule has 0 aliphatic rings. The number of rotatable bonds is 6. The minimum atomic E-state index is 0. The molecule has 26 heavy (non-hydrogen) atoms. The average Bonchev–Trinajstić information content (AvgIpc) is 3.32. The van der Waals surface area contributed by atoms with E-state index in [9.17, 15) is 0 Å². The molecule has 0 aliphatic heterocycles. The zero-order valence-corrected chi connectivity index (χ0v) is 19.0. The number of hydrogen-bond acceptors (Lipinski definition) is 5. The van der Waals surface area contributed by atoms with Crippen LogP contribution in [-0.2, 0) is 26.7 Å². The number of hydrogen-bond donors (Lipinski definition) is 2. The monoisotopic (exact) mass is 502 g/mol. The van der Waals surface area contributed by atoms with Gasteiger partial charge in [-0.15, -0.1) is 56.8 Å². The van der Waals surface area contributed by atoms with E-state index >= 15 is 0 Å². The minimum Gasteiger partial charge on any atom is -0.351 e. The zero-order valence-electron chi connectivity index (χ0n) is 15.0. The molecule has 0 aromatic carbocycles. The van der Waals surface area contributed by atoms with Crippen LogP contribution in [0.2, 0.25) is 0 Å². The van der Waals surface area contributed by atoms with Crippen molar-refractivity contribution < 1.29 is 0 Å². The van der Waals surface area contributed by atoms with E-state index in [0.29, 0.717) is 6.54 Å². The van der Waals surface area contributed by atoms with Gasteiger partial charge in [-0.05, 0) is 37.4 Å². The van der Waals surface area contributed by atoms with Gasteiger partial charge >= 0.3 is 0 Å². The van der Waals surface area contributed by atoms with Gasteiger partial charge in [-0.3, -0.25) is 0 Å². The van der Waals surface area contributed by atoms with E-state index < -0.39 is 0 Å². The van der Waals surface area contributed by atoms with E-state index in [0.717, 1.165) is 30.7 Å². The van der Waals surface area contributed by atoms with Crippen LogP contribution in [0.15, 0.2) is 34.6 Å². The zero-order chi connectivity index (χ0) is 17.6. The lowest BCUT2D eigenvalue weighted by Gasteiger charge is -2.11. The summed E-state index contributed by atoms with van der Waals surface area (Å²) in [5.41, 5.74) is 0. The van der Waals surface area contributed by atoms with Crippen molar-refractivity contribution in [1.29, 1.82) is 0 Å². The summed E-state index contributed by atoms with van der Waals surface area (Å²) in [7, 11) is 1.96. The summed E-state index contributed by atoms with van der Waals surface area (Å²) in [6, 6.07) is 8.46. The van der Waals surface area contributed by atoms with Crippen LogP contribution in [0, 0.1) is 13.8 Å². The second kappa shape index (κ2) is 10.0. The van der Waals surface area contributed by atoms with Crippen LogP contribution in [0.4, 0.5) is 0 Å². The molecule has 3 heterocycles.